The second-order valence-corrected chi connectivity index (χ2v) is 5.08. The standard InChI is InChI=1S/C13H15BrN2O5/c14-9-3-1-2-8(6-9)12(19)15-7-11(18)16-10(4-5-17)13(20)21/h1-3,6,10,17H,4-5,7H2,(H,15,19)(H,16,18)(H,20,21)/t10-/m1/s1. The van der Waals surface area contributed by atoms with E-state index in [9.17, 15) is 14.4 Å². The van der Waals surface area contributed by atoms with E-state index in [0.717, 1.165) is 4.47 Å². The quantitative estimate of drug-likeness (QED) is 0.552. The van der Waals surface area contributed by atoms with Crippen LogP contribution in [0.4, 0.5) is 0 Å². The topological polar surface area (TPSA) is 116 Å². The third kappa shape index (κ3) is 5.92. The molecular formula is C13H15BrN2O5. The third-order valence-electron chi connectivity index (χ3n) is 2.55. The first-order chi connectivity index (χ1) is 9.93. The number of rotatable bonds is 7. The maximum atomic E-state index is 11.8. The first-order valence-electron chi connectivity index (χ1n) is 6.11. The summed E-state index contributed by atoms with van der Waals surface area (Å²) in [5.41, 5.74) is 0.377. The minimum atomic E-state index is -1.24. The summed E-state index contributed by atoms with van der Waals surface area (Å²) in [6, 6.07) is 5.45. The predicted molar refractivity (Wildman–Crippen MR) is 77.7 cm³/mol. The maximum absolute atomic E-state index is 11.8. The molecule has 0 aromatic heterocycles. The van der Waals surface area contributed by atoms with Gasteiger partial charge in [0.05, 0.1) is 6.54 Å². The van der Waals surface area contributed by atoms with E-state index in [1.54, 1.807) is 24.3 Å². The molecule has 4 N–H and O–H groups in total. The van der Waals surface area contributed by atoms with Gasteiger partial charge in [-0.3, -0.25) is 9.59 Å². The van der Waals surface area contributed by atoms with E-state index in [4.69, 9.17) is 10.2 Å². The van der Waals surface area contributed by atoms with Crippen LogP contribution in [-0.4, -0.2) is 47.2 Å². The molecule has 0 fully saturated rings. The molecule has 7 nitrogen and oxygen atoms in total. The van der Waals surface area contributed by atoms with Crippen molar-refractivity contribution in [3.8, 4) is 0 Å². The zero-order chi connectivity index (χ0) is 15.8. The first-order valence-corrected chi connectivity index (χ1v) is 6.90. The van der Waals surface area contributed by atoms with Crippen LogP contribution in [0.1, 0.15) is 16.8 Å². The van der Waals surface area contributed by atoms with E-state index < -0.39 is 23.8 Å². The number of carbonyl (C=O) groups is 3. The summed E-state index contributed by atoms with van der Waals surface area (Å²) in [4.78, 5) is 34.1. The molecule has 0 aliphatic rings. The molecule has 0 bridgehead atoms. The normalized spacial score (nSPS) is 11.5. The number of aliphatic hydroxyl groups excluding tert-OH is 1. The number of carboxylic acid groups (broad SMARTS) is 1. The predicted octanol–water partition coefficient (Wildman–Crippen LogP) is 0.131. The van der Waals surface area contributed by atoms with E-state index in [-0.39, 0.29) is 19.6 Å². The summed E-state index contributed by atoms with van der Waals surface area (Å²) in [6.07, 6.45) is -0.0966. The van der Waals surface area contributed by atoms with E-state index in [2.05, 4.69) is 26.6 Å². The van der Waals surface area contributed by atoms with Gasteiger partial charge < -0.3 is 20.8 Å². The summed E-state index contributed by atoms with van der Waals surface area (Å²) in [5, 5.41) is 22.1. The number of carboxylic acids is 1. The van der Waals surface area contributed by atoms with Gasteiger partial charge in [0.1, 0.15) is 6.04 Å². The van der Waals surface area contributed by atoms with Crippen molar-refractivity contribution in [2.24, 2.45) is 0 Å². The van der Waals surface area contributed by atoms with Crippen LogP contribution in [0.15, 0.2) is 28.7 Å². The van der Waals surface area contributed by atoms with Crippen LogP contribution in [-0.2, 0) is 9.59 Å². The lowest BCUT2D eigenvalue weighted by molar-refractivity contribution is -0.142. The Morgan fingerprint density at radius 3 is 2.57 bits per heavy atom. The molecule has 114 valence electrons. The van der Waals surface area contributed by atoms with Crippen LogP contribution in [0.2, 0.25) is 0 Å². The van der Waals surface area contributed by atoms with Gasteiger partial charge >= 0.3 is 5.97 Å². The first kappa shape index (κ1) is 17.1. The zero-order valence-electron chi connectivity index (χ0n) is 11.0. The van der Waals surface area contributed by atoms with Gasteiger partial charge in [-0.05, 0) is 18.2 Å². The summed E-state index contributed by atoms with van der Waals surface area (Å²) >= 11 is 3.23. The van der Waals surface area contributed by atoms with Crippen molar-refractivity contribution < 1.29 is 24.6 Å². The van der Waals surface area contributed by atoms with Gasteiger partial charge in [0.25, 0.3) is 5.91 Å². The van der Waals surface area contributed by atoms with Crippen molar-refractivity contribution in [2.75, 3.05) is 13.2 Å². The fraction of sp³-hybridized carbons (Fsp3) is 0.308. The molecule has 0 saturated heterocycles. The van der Waals surface area contributed by atoms with Crippen LogP contribution >= 0.6 is 15.9 Å². The Morgan fingerprint density at radius 1 is 1.29 bits per heavy atom. The Kier molecular flexibility index (Phi) is 6.83. The van der Waals surface area contributed by atoms with Gasteiger partial charge in [0.2, 0.25) is 5.91 Å². The molecule has 8 heteroatoms. The molecule has 1 aromatic carbocycles. The lowest BCUT2D eigenvalue weighted by atomic mass is 10.2. The Hall–Kier alpha value is -1.93. The lowest BCUT2D eigenvalue weighted by Gasteiger charge is -2.13. The number of hydrogen-bond donors (Lipinski definition) is 4. The van der Waals surface area contributed by atoms with Gasteiger partial charge in [0.15, 0.2) is 0 Å². The Morgan fingerprint density at radius 2 is 2.00 bits per heavy atom. The molecule has 21 heavy (non-hydrogen) atoms. The zero-order valence-corrected chi connectivity index (χ0v) is 12.6. The fourth-order valence-electron chi connectivity index (χ4n) is 1.52. The van der Waals surface area contributed by atoms with Crippen molar-refractivity contribution in [2.45, 2.75) is 12.5 Å². The SMILES string of the molecule is O=C(CNC(=O)c1cccc(Br)c1)N[C@H](CCO)C(=O)O. The summed E-state index contributed by atoms with van der Waals surface area (Å²) < 4.78 is 0.730. The number of amides is 2. The molecule has 0 heterocycles. The third-order valence-corrected chi connectivity index (χ3v) is 3.04. The monoisotopic (exact) mass is 358 g/mol. The van der Waals surface area contributed by atoms with Crippen LogP contribution in [0.25, 0.3) is 0 Å². The average Bonchev–Trinajstić information content (AvgIpc) is 2.44. The van der Waals surface area contributed by atoms with E-state index in [0.29, 0.717) is 5.56 Å². The Balaban J connectivity index is 2.49. The number of benzene rings is 1. The highest BCUT2D eigenvalue weighted by Crippen LogP contribution is 2.11. The van der Waals surface area contributed by atoms with Crippen molar-refractivity contribution in [1.29, 1.82) is 0 Å². The summed E-state index contributed by atoms with van der Waals surface area (Å²) in [7, 11) is 0. The van der Waals surface area contributed by atoms with Crippen LogP contribution in [0.5, 0.6) is 0 Å². The number of hydrogen-bond acceptors (Lipinski definition) is 4. The molecule has 1 aromatic rings. The highest BCUT2D eigenvalue weighted by atomic mass is 79.9. The minimum Gasteiger partial charge on any atom is -0.480 e. The molecule has 0 aliphatic carbocycles. The van der Waals surface area contributed by atoms with Gasteiger partial charge in [-0.2, -0.15) is 0 Å². The highest BCUT2D eigenvalue weighted by molar-refractivity contribution is 9.10. The minimum absolute atomic E-state index is 0.0966. The van der Waals surface area contributed by atoms with Gasteiger partial charge in [0, 0.05) is 23.1 Å². The van der Waals surface area contributed by atoms with Crippen molar-refractivity contribution in [1.82, 2.24) is 10.6 Å². The molecule has 1 rings (SSSR count). The second kappa shape index (κ2) is 8.38. The number of aliphatic carboxylic acids is 1. The van der Waals surface area contributed by atoms with Crippen LogP contribution in [0.3, 0.4) is 0 Å². The molecule has 0 aliphatic heterocycles. The molecule has 2 amide bonds. The fourth-order valence-corrected chi connectivity index (χ4v) is 1.92. The second-order valence-electron chi connectivity index (χ2n) is 4.16. The van der Waals surface area contributed by atoms with Gasteiger partial charge in [-0.25, -0.2) is 4.79 Å². The molecule has 0 saturated carbocycles. The van der Waals surface area contributed by atoms with Gasteiger partial charge in [-0.1, -0.05) is 22.0 Å². The maximum Gasteiger partial charge on any atom is 0.326 e. The number of carbonyl (C=O) groups excluding carboxylic acids is 2. The molecule has 1 atom stereocenters. The van der Waals surface area contributed by atoms with Crippen LogP contribution < -0.4 is 10.6 Å². The Labute approximate surface area is 129 Å². The smallest absolute Gasteiger partial charge is 0.326 e. The number of nitrogens with one attached hydrogen (secondary N) is 2. The van der Waals surface area contributed by atoms with E-state index >= 15 is 0 Å². The molecular weight excluding hydrogens is 344 g/mol. The Bertz CT molecular complexity index is 535. The average molecular weight is 359 g/mol. The highest BCUT2D eigenvalue weighted by Gasteiger charge is 2.19. The van der Waals surface area contributed by atoms with Crippen molar-refractivity contribution in [3.63, 3.8) is 0 Å². The van der Waals surface area contributed by atoms with E-state index in [1.165, 1.54) is 0 Å². The summed E-state index contributed by atoms with van der Waals surface area (Å²) in [6.45, 7) is -0.706. The van der Waals surface area contributed by atoms with Crippen LogP contribution in [0, 0.1) is 0 Å². The van der Waals surface area contributed by atoms with Crippen molar-refractivity contribution >= 4 is 33.7 Å². The molecule has 0 spiro atoms. The molecule has 0 unspecified atom stereocenters. The number of aliphatic hydroxyl groups is 1. The largest absolute Gasteiger partial charge is 0.480 e. The van der Waals surface area contributed by atoms with Crippen molar-refractivity contribution in [3.05, 3.63) is 34.3 Å². The summed E-state index contributed by atoms with van der Waals surface area (Å²) in [5.74, 6) is -2.32. The number of halogens is 1. The van der Waals surface area contributed by atoms with Gasteiger partial charge in [-0.15, -0.1) is 0 Å². The molecule has 0 radical (unpaired) electrons. The van der Waals surface area contributed by atoms with E-state index in [1.807, 2.05) is 0 Å². The lowest BCUT2D eigenvalue weighted by Crippen LogP contribution is -2.45.